The van der Waals surface area contributed by atoms with Gasteiger partial charge in [-0.25, -0.2) is 0 Å². The zero-order chi connectivity index (χ0) is 18.2. The summed E-state index contributed by atoms with van der Waals surface area (Å²) < 4.78 is 11.5. The molecule has 0 saturated carbocycles. The van der Waals surface area contributed by atoms with Crippen LogP contribution >= 0.6 is 0 Å². The summed E-state index contributed by atoms with van der Waals surface area (Å²) in [5.41, 5.74) is 1.00. The molecule has 0 saturated heterocycles. The largest absolute Gasteiger partial charge is 0.493 e. The van der Waals surface area contributed by atoms with E-state index >= 15 is 0 Å². The van der Waals surface area contributed by atoms with Crippen LogP contribution in [0.25, 0.3) is 0 Å². The molecular weight excluding hydrogens is 302 g/mol. The van der Waals surface area contributed by atoms with E-state index in [-0.39, 0.29) is 5.91 Å². The lowest BCUT2D eigenvalue weighted by atomic mass is 9.97. The molecule has 0 aromatic heterocycles. The molecule has 0 spiro atoms. The van der Waals surface area contributed by atoms with Crippen molar-refractivity contribution >= 4 is 11.6 Å². The maximum Gasteiger partial charge on any atom is 0.256 e. The Balaban J connectivity index is 2.79. The molecule has 0 unspecified atom stereocenters. The SMILES string of the molecule is CCCC[C@@](C)(OCC)C(=O)Nc1ccc(OCC(C)C)c(C)c1. The first-order valence-corrected chi connectivity index (χ1v) is 9.01. The average Bonchev–Trinajstić information content (AvgIpc) is 2.52. The van der Waals surface area contributed by atoms with E-state index in [1.54, 1.807) is 0 Å². The van der Waals surface area contributed by atoms with Crippen LogP contribution in [0, 0.1) is 12.8 Å². The Labute approximate surface area is 146 Å². The van der Waals surface area contributed by atoms with Gasteiger partial charge in [0.1, 0.15) is 11.4 Å². The van der Waals surface area contributed by atoms with E-state index in [4.69, 9.17) is 9.47 Å². The van der Waals surface area contributed by atoms with Crippen molar-refractivity contribution in [3.05, 3.63) is 23.8 Å². The molecule has 4 nitrogen and oxygen atoms in total. The average molecular weight is 335 g/mol. The predicted octanol–water partition coefficient (Wildman–Crippen LogP) is 4.95. The number of aryl methyl sites for hydroxylation is 1. The van der Waals surface area contributed by atoms with Gasteiger partial charge in [0.2, 0.25) is 0 Å². The van der Waals surface area contributed by atoms with Crippen LogP contribution in [-0.4, -0.2) is 24.7 Å². The number of hydrogen-bond donors (Lipinski definition) is 1. The predicted molar refractivity (Wildman–Crippen MR) is 99.7 cm³/mol. The van der Waals surface area contributed by atoms with Crippen LogP contribution in [-0.2, 0) is 9.53 Å². The van der Waals surface area contributed by atoms with Crippen LogP contribution < -0.4 is 10.1 Å². The molecule has 0 bridgehead atoms. The highest BCUT2D eigenvalue weighted by atomic mass is 16.5. The van der Waals surface area contributed by atoms with E-state index in [2.05, 4.69) is 26.1 Å². The number of amides is 1. The molecule has 136 valence electrons. The van der Waals surface area contributed by atoms with E-state index in [1.807, 2.05) is 39.0 Å². The molecule has 1 rings (SSSR count). The third-order valence-electron chi connectivity index (χ3n) is 3.96. The summed E-state index contributed by atoms with van der Waals surface area (Å²) >= 11 is 0. The maximum atomic E-state index is 12.7. The smallest absolute Gasteiger partial charge is 0.256 e. The van der Waals surface area contributed by atoms with E-state index < -0.39 is 5.60 Å². The summed E-state index contributed by atoms with van der Waals surface area (Å²) in [5.74, 6) is 1.25. The number of anilines is 1. The summed E-state index contributed by atoms with van der Waals surface area (Å²) in [6.45, 7) is 13.3. The Hall–Kier alpha value is -1.55. The second-order valence-corrected chi connectivity index (χ2v) is 6.91. The van der Waals surface area contributed by atoms with Crippen LogP contribution in [0.2, 0.25) is 0 Å². The number of carbonyl (C=O) groups is 1. The minimum absolute atomic E-state index is 0.0898. The van der Waals surface area contributed by atoms with Gasteiger partial charge in [-0.2, -0.15) is 0 Å². The van der Waals surface area contributed by atoms with Crippen LogP contribution in [0.5, 0.6) is 5.75 Å². The van der Waals surface area contributed by atoms with Gasteiger partial charge in [0.15, 0.2) is 0 Å². The lowest BCUT2D eigenvalue weighted by molar-refractivity contribution is -0.139. The fourth-order valence-corrected chi connectivity index (χ4v) is 2.49. The number of hydrogen-bond acceptors (Lipinski definition) is 3. The van der Waals surface area contributed by atoms with Gasteiger partial charge in [-0.1, -0.05) is 33.6 Å². The number of nitrogens with one attached hydrogen (secondary N) is 1. The molecule has 0 aliphatic carbocycles. The molecule has 1 amide bonds. The normalized spacial score (nSPS) is 13.6. The van der Waals surface area contributed by atoms with Gasteiger partial charge >= 0.3 is 0 Å². The third kappa shape index (κ3) is 6.16. The first-order valence-electron chi connectivity index (χ1n) is 9.01. The van der Waals surface area contributed by atoms with Crippen molar-refractivity contribution in [3.8, 4) is 5.75 Å². The quantitative estimate of drug-likeness (QED) is 0.658. The Morgan fingerprint density at radius 2 is 2.00 bits per heavy atom. The summed E-state index contributed by atoms with van der Waals surface area (Å²) in [6, 6.07) is 5.74. The van der Waals surface area contributed by atoms with Crippen molar-refractivity contribution in [2.24, 2.45) is 5.92 Å². The second-order valence-electron chi connectivity index (χ2n) is 6.91. The summed E-state index contributed by atoms with van der Waals surface area (Å²) in [6.07, 6.45) is 2.72. The highest BCUT2D eigenvalue weighted by molar-refractivity contribution is 5.97. The molecule has 0 aliphatic heterocycles. The number of unbranched alkanes of at least 4 members (excludes halogenated alkanes) is 1. The lowest BCUT2D eigenvalue weighted by Gasteiger charge is -2.28. The molecular formula is C20H33NO3. The first-order chi connectivity index (χ1) is 11.3. The van der Waals surface area contributed by atoms with Gasteiger partial charge in [-0.3, -0.25) is 4.79 Å². The van der Waals surface area contributed by atoms with Gasteiger partial charge in [0.05, 0.1) is 6.61 Å². The summed E-state index contributed by atoms with van der Waals surface area (Å²) in [7, 11) is 0. The van der Waals surface area contributed by atoms with Crippen LogP contribution in [0.4, 0.5) is 5.69 Å². The van der Waals surface area contributed by atoms with Crippen molar-refractivity contribution in [2.45, 2.75) is 66.4 Å². The minimum Gasteiger partial charge on any atom is -0.493 e. The molecule has 0 radical (unpaired) electrons. The highest BCUT2D eigenvalue weighted by Gasteiger charge is 2.33. The number of ether oxygens (including phenoxy) is 2. The Kier molecular flexibility index (Phi) is 8.26. The van der Waals surface area contributed by atoms with Gasteiger partial charge in [0, 0.05) is 12.3 Å². The highest BCUT2D eigenvalue weighted by Crippen LogP contribution is 2.25. The van der Waals surface area contributed by atoms with E-state index in [9.17, 15) is 4.79 Å². The minimum atomic E-state index is -0.786. The first kappa shape index (κ1) is 20.5. The number of benzene rings is 1. The van der Waals surface area contributed by atoms with E-state index in [0.29, 0.717) is 19.1 Å². The zero-order valence-corrected chi connectivity index (χ0v) is 16.1. The van der Waals surface area contributed by atoms with Crippen LogP contribution in [0.15, 0.2) is 18.2 Å². The Bertz CT molecular complexity index is 528. The third-order valence-corrected chi connectivity index (χ3v) is 3.96. The standard InChI is InChI=1S/C20H33NO3/c1-7-9-12-20(6,24-8-2)19(22)21-17-10-11-18(16(5)13-17)23-14-15(3)4/h10-11,13,15H,7-9,12,14H2,1-6H3,(H,21,22)/t20-/m1/s1. The van der Waals surface area contributed by atoms with Gasteiger partial charge < -0.3 is 14.8 Å². The van der Waals surface area contributed by atoms with Gasteiger partial charge in [-0.15, -0.1) is 0 Å². The van der Waals surface area contributed by atoms with Crippen LogP contribution in [0.3, 0.4) is 0 Å². The second kappa shape index (κ2) is 9.67. The lowest BCUT2D eigenvalue weighted by Crippen LogP contribution is -2.42. The fourth-order valence-electron chi connectivity index (χ4n) is 2.49. The summed E-state index contributed by atoms with van der Waals surface area (Å²) in [5, 5.41) is 2.99. The maximum absolute atomic E-state index is 12.7. The van der Waals surface area contributed by atoms with E-state index in [0.717, 1.165) is 36.3 Å². The summed E-state index contributed by atoms with van der Waals surface area (Å²) in [4.78, 5) is 12.7. The van der Waals surface area contributed by atoms with Crippen molar-refractivity contribution in [1.29, 1.82) is 0 Å². The van der Waals surface area contributed by atoms with E-state index in [1.165, 1.54) is 0 Å². The van der Waals surface area contributed by atoms with Gasteiger partial charge in [0.25, 0.3) is 5.91 Å². The fraction of sp³-hybridized carbons (Fsp3) is 0.650. The molecule has 1 N–H and O–H groups in total. The van der Waals surface area contributed by atoms with Crippen molar-refractivity contribution < 1.29 is 14.3 Å². The Morgan fingerprint density at radius 3 is 2.54 bits per heavy atom. The van der Waals surface area contributed by atoms with Crippen molar-refractivity contribution in [3.63, 3.8) is 0 Å². The molecule has 0 fully saturated rings. The molecule has 24 heavy (non-hydrogen) atoms. The van der Waals surface area contributed by atoms with Gasteiger partial charge in [-0.05, 0) is 56.9 Å². The molecule has 1 aromatic rings. The number of carbonyl (C=O) groups excluding carboxylic acids is 1. The molecule has 4 heteroatoms. The van der Waals surface area contributed by atoms with Crippen molar-refractivity contribution in [2.75, 3.05) is 18.5 Å². The molecule has 0 heterocycles. The molecule has 1 aromatic carbocycles. The Morgan fingerprint density at radius 1 is 1.29 bits per heavy atom. The zero-order valence-electron chi connectivity index (χ0n) is 16.1. The number of rotatable bonds is 10. The molecule has 0 aliphatic rings. The van der Waals surface area contributed by atoms with Crippen LogP contribution in [0.1, 0.15) is 59.4 Å². The van der Waals surface area contributed by atoms with Crippen molar-refractivity contribution in [1.82, 2.24) is 0 Å². The topological polar surface area (TPSA) is 47.6 Å². The monoisotopic (exact) mass is 335 g/mol. The molecule has 1 atom stereocenters.